The summed E-state index contributed by atoms with van der Waals surface area (Å²) >= 11 is 0. The first-order valence-electron chi connectivity index (χ1n) is 18.6. The number of hydrogen-bond donors (Lipinski definition) is 5. The maximum Gasteiger partial charge on any atom is 0.271 e. The fourth-order valence-corrected chi connectivity index (χ4v) is 7.42. The summed E-state index contributed by atoms with van der Waals surface area (Å²) in [7, 11) is 18.9. The van der Waals surface area contributed by atoms with Crippen LogP contribution < -0.4 is 32.3 Å². The Bertz CT molecular complexity index is 2040. The van der Waals surface area contributed by atoms with Crippen molar-refractivity contribution in [2.24, 2.45) is 17.4 Å². The number of carbonyl (C=O) groups is 3. The third-order valence-electron chi connectivity index (χ3n) is 10.7. The van der Waals surface area contributed by atoms with E-state index in [2.05, 4.69) is 43.5 Å². The first kappa shape index (κ1) is 37.1. The number of benzene rings is 1. The summed E-state index contributed by atoms with van der Waals surface area (Å²) in [6.07, 6.45) is 8.44. The highest BCUT2D eigenvalue weighted by molar-refractivity contribution is 6.39. The van der Waals surface area contributed by atoms with Gasteiger partial charge in [-0.15, -0.1) is 0 Å². The Kier molecular flexibility index (Phi) is 9.98. The number of fused-ring (bicyclic) bond motifs is 3. The maximum absolute atomic E-state index is 13.2. The molecule has 4 radical (unpaired) electrons. The number of carbonyl (C=O) groups excluding carboxylic acids is 3. The van der Waals surface area contributed by atoms with Crippen molar-refractivity contribution in [2.45, 2.75) is 68.9 Å². The molecule has 4 heterocycles. The van der Waals surface area contributed by atoms with Crippen molar-refractivity contribution >= 4 is 44.8 Å². The van der Waals surface area contributed by atoms with Gasteiger partial charge in [-0.2, -0.15) is 5.10 Å². The predicted octanol–water partition coefficient (Wildman–Crippen LogP) is 2.13. The van der Waals surface area contributed by atoms with Gasteiger partial charge in [0.2, 0.25) is 5.91 Å². The van der Waals surface area contributed by atoms with E-state index in [9.17, 15) is 14.4 Å². The van der Waals surface area contributed by atoms with Gasteiger partial charge in [-0.3, -0.25) is 19.1 Å². The lowest BCUT2D eigenvalue weighted by atomic mass is 9.58. The molecule has 1 unspecified atom stereocenters. The Morgan fingerprint density at radius 1 is 1.04 bits per heavy atom. The smallest absolute Gasteiger partial charge is 0.271 e. The molecule has 1 aromatic carbocycles. The zero-order valence-corrected chi connectivity index (χ0v) is 31.3. The van der Waals surface area contributed by atoms with E-state index in [0.29, 0.717) is 24.5 Å². The van der Waals surface area contributed by atoms with Crippen molar-refractivity contribution in [3.63, 3.8) is 0 Å². The third-order valence-corrected chi connectivity index (χ3v) is 10.7. The number of allylic oxidation sites excluding steroid dienone is 1. The van der Waals surface area contributed by atoms with Crippen molar-refractivity contribution in [3.8, 4) is 11.1 Å². The Hall–Kier alpha value is -5.24. The molecule has 3 amide bonds. The number of anilines is 2. The lowest BCUT2D eigenvalue weighted by molar-refractivity contribution is -0.121. The summed E-state index contributed by atoms with van der Waals surface area (Å²) in [5.74, 6) is -0.720. The number of nitrogens with zero attached hydrogens (tertiary/aromatic N) is 6. The van der Waals surface area contributed by atoms with Crippen molar-refractivity contribution in [2.75, 3.05) is 44.4 Å². The van der Waals surface area contributed by atoms with E-state index in [1.54, 1.807) is 32.3 Å². The molecule has 2 aliphatic heterocycles. The molecular formula is C38H47B2N11O3. The summed E-state index contributed by atoms with van der Waals surface area (Å²) < 4.78 is 2.11. The van der Waals surface area contributed by atoms with Crippen LogP contribution in [-0.2, 0) is 14.9 Å². The molecule has 14 nitrogen and oxygen atoms in total. The Labute approximate surface area is 318 Å². The second kappa shape index (κ2) is 14.5. The molecule has 1 saturated heterocycles. The predicted molar refractivity (Wildman–Crippen MR) is 209 cm³/mol. The lowest BCUT2D eigenvalue weighted by Crippen LogP contribution is -2.47. The monoisotopic (exact) mass is 727 g/mol. The third kappa shape index (κ3) is 7.18. The summed E-state index contributed by atoms with van der Waals surface area (Å²) in [6, 6.07) is 11.1. The highest BCUT2D eigenvalue weighted by atomic mass is 16.2. The van der Waals surface area contributed by atoms with Crippen molar-refractivity contribution in [1.82, 2.24) is 35.2 Å². The number of hydrogen-bond acceptors (Lipinski definition) is 10. The van der Waals surface area contributed by atoms with E-state index in [4.69, 9.17) is 32.3 Å². The number of amides is 3. The highest BCUT2D eigenvalue weighted by Gasteiger charge is 2.40. The molecule has 16 heteroatoms. The van der Waals surface area contributed by atoms with E-state index in [0.717, 1.165) is 61.0 Å². The fraction of sp³-hybridized carbons (Fsp3) is 0.447. The zero-order chi connectivity index (χ0) is 38.5. The van der Waals surface area contributed by atoms with E-state index >= 15 is 0 Å². The average Bonchev–Trinajstić information content (AvgIpc) is 4.07. The van der Waals surface area contributed by atoms with E-state index in [1.165, 1.54) is 11.0 Å². The standard InChI is InChI=1S/C38H47B2N11O3/c1-5-29-34-25(19-43-51(34)23-16-17-50(20-23)38(39,40)30-11-7-10-27(46-30)37(54)48(2)3)24-8-6-9-26(33(24)49(29)4)45-28(32(42)36(53)44-22-14-15-22)18-31(41)47-35(52)21-12-13-21/h6-11,18-19,21-23,29,45H,5,12-17,20,41-42H2,1-4H3,(H,44,53)(H,47,52)/b31-18+,32-28+/t23?,29-/m1/s1. The molecule has 7 N–H and O–H groups in total. The first-order chi connectivity index (χ1) is 25.8. The maximum atomic E-state index is 13.2. The van der Waals surface area contributed by atoms with Gasteiger partial charge in [0.1, 0.15) is 17.2 Å². The number of para-hydroxylation sites is 1. The van der Waals surface area contributed by atoms with Gasteiger partial charge in [0.15, 0.2) is 0 Å². The fourth-order valence-electron chi connectivity index (χ4n) is 7.42. The quantitative estimate of drug-likeness (QED) is 0.105. The summed E-state index contributed by atoms with van der Waals surface area (Å²) in [6.45, 7) is 3.28. The highest BCUT2D eigenvalue weighted by Crippen LogP contribution is 2.50. The van der Waals surface area contributed by atoms with Crippen LogP contribution in [0.3, 0.4) is 0 Å². The molecule has 7 rings (SSSR count). The van der Waals surface area contributed by atoms with E-state index < -0.39 is 11.2 Å². The zero-order valence-electron chi connectivity index (χ0n) is 31.3. The first-order valence-corrected chi connectivity index (χ1v) is 18.6. The minimum Gasteiger partial charge on any atom is -0.393 e. The Balaban J connectivity index is 1.18. The van der Waals surface area contributed by atoms with Crippen LogP contribution in [0.1, 0.15) is 79.4 Å². The summed E-state index contributed by atoms with van der Waals surface area (Å²) in [4.78, 5) is 48.5. The number of nitrogens with two attached hydrogens (primary N) is 2. The molecule has 2 aromatic heterocycles. The van der Waals surface area contributed by atoms with Gasteiger partial charge in [-0.1, -0.05) is 25.1 Å². The molecule has 3 aromatic rings. The van der Waals surface area contributed by atoms with Gasteiger partial charge in [0.25, 0.3) is 11.8 Å². The normalized spacial score (nSPS) is 20.4. The molecule has 2 saturated carbocycles. The second-order valence-corrected chi connectivity index (χ2v) is 15.0. The Morgan fingerprint density at radius 3 is 2.46 bits per heavy atom. The van der Waals surface area contributed by atoms with Crippen LogP contribution in [0.5, 0.6) is 0 Å². The molecule has 4 aliphatic rings. The molecule has 0 bridgehead atoms. The average molecular weight is 727 g/mol. The van der Waals surface area contributed by atoms with Gasteiger partial charge >= 0.3 is 0 Å². The molecular weight excluding hydrogens is 680 g/mol. The lowest BCUT2D eigenvalue weighted by Gasteiger charge is -2.39. The van der Waals surface area contributed by atoms with Crippen LogP contribution in [0.15, 0.2) is 65.9 Å². The topological polar surface area (TPSA) is 180 Å². The largest absolute Gasteiger partial charge is 0.393 e. The van der Waals surface area contributed by atoms with Crippen LogP contribution >= 0.6 is 0 Å². The number of rotatable bonds is 12. The van der Waals surface area contributed by atoms with Gasteiger partial charge in [-0.25, -0.2) is 4.98 Å². The summed E-state index contributed by atoms with van der Waals surface area (Å²) in [5.41, 5.74) is 18.4. The molecule has 54 heavy (non-hydrogen) atoms. The minimum absolute atomic E-state index is 0.0181. The molecule has 3 fully saturated rings. The Morgan fingerprint density at radius 2 is 1.78 bits per heavy atom. The molecule has 2 aliphatic carbocycles. The van der Waals surface area contributed by atoms with Crippen LogP contribution in [0.2, 0.25) is 0 Å². The van der Waals surface area contributed by atoms with Crippen LogP contribution in [-0.4, -0.2) is 98.3 Å². The van der Waals surface area contributed by atoms with E-state index in [1.807, 2.05) is 30.3 Å². The number of pyridine rings is 1. The van der Waals surface area contributed by atoms with Gasteiger partial charge in [-0.05, 0) is 68.6 Å². The van der Waals surface area contributed by atoms with Crippen molar-refractivity contribution in [3.05, 3.63) is 83.0 Å². The number of aromatic nitrogens is 3. The van der Waals surface area contributed by atoms with Crippen LogP contribution in [0.25, 0.3) is 11.1 Å². The van der Waals surface area contributed by atoms with Crippen molar-refractivity contribution in [1.29, 1.82) is 0 Å². The summed E-state index contributed by atoms with van der Waals surface area (Å²) in [5, 5.41) is 12.7. The van der Waals surface area contributed by atoms with Gasteiger partial charge in [0.05, 0.1) is 56.7 Å². The number of likely N-dealkylation sites (tertiary alicyclic amines) is 1. The van der Waals surface area contributed by atoms with Crippen LogP contribution in [0.4, 0.5) is 11.4 Å². The minimum atomic E-state index is -1.40. The molecule has 278 valence electrons. The molecule has 0 spiro atoms. The SMILES string of the molecule is [B]C([B])(c1cccc(C(=O)N(C)C)n1)N1CCC(n2ncc3c2[C@@H](CC)N(C)c2c(NC(/C=C(\N)NC(=O)C4CC4)=C(/N)C(=O)NC4CC4)cccc2-3)C1. The number of nitrogens with one attached hydrogen (secondary N) is 3. The van der Waals surface area contributed by atoms with Gasteiger partial charge < -0.3 is 42.1 Å². The second-order valence-electron chi connectivity index (χ2n) is 15.0. The van der Waals surface area contributed by atoms with Crippen molar-refractivity contribution < 1.29 is 14.4 Å². The van der Waals surface area contributed by atoms with Crippen LogP contribution in [0, 0.1) is 5.92 Å². The van der Waals surface area contributed by atoms with Gasteiger partial charge in [0, 0.05) is 62.5 Å². The van der Waals surface area contributed by atoms with E-state index in [-0.39, 0.29) is 58.8 Å². The molecule has 2 atom stereocenters.